The maximum absolute atomic E-state index is 13.0. The van der Waals surface area contributed by atoms with E-state index in [0.29, 0.717) is 36.5 Å². The van der Waals surface area contributed by atoms with Gasteiger partial charge in [0.1, 0.15) is 5.75 Å². The number of rotatable bonds is 5. The molecular weight excluding hydrogens is 400 g/mol. The van der Waals surface area contributed by atoms with Gasteiger partial charge in [0.05, 0.1) is 12.0 Å². The average molecular weight is 431 g/mol. The highest BCUT2D eigenvalue weighted by Crippen LogP contribution is 2.28. The molecule has 7 heteroatoms. The van der Waals surface area contributed by atoms with E-state index < -0.39 is 10.0 Å². The van der Waals surface area contributed by atoms with Crippen LogP contribution >= 0.6 is 0 Å². The van der Waals surface area contributed by atoms with E-state index in [-0.39, 0.29) is 17.2 Å². The van der Waals surface area contributed by atoms with Gasteiger partial charge in [-0.15, -0.1) is 0 Å². The van der Waals surface area contributed by atoms with Crippen LogP contribution < -0.4 is 10.1 Å². The summed E-state index contributed by atoms with van der Waals surface area (Å²) in [6.07, 6.45) is 1.00. The second-order valence-corrected chi connectivity index (χ2v) is 10.6. The van der Waals surface area contributed by atoms with Crippen LogP contribution in [0.25, 0.3) is 0 Å². The third kappa shape index (κ3) is 5.02. The molecule has 2 aromatic rings. The Labute approximate surface area is 179 Å². The van der Waals surface area contributed by atoms with Gasteiger partial charge in [0.2, 0.25) is 15.9 Å². The van der Waals surface area contributed by atoms with Crippen LogP contribution in [0.15, 0.2) is 53.4 Å². The number of benzene rings is 2. The summed E-state index contributed by atoms with van der Waals surface area (Å²) in [5.74, 6) is 0.440. The Morgan fingerprint density at radius 2 is 1.57 bits per heavy atom. The molecule has 1 heterocycles. The molecule has 1 aliphatic rings. The lowest BCUT2D eigenvalue weighted by Crippen LogP contribution is -2.41. The molecule has 30 heavy (non-hydrogen) atoms. The fourth-order valence-electron chi connectivity index (χ4n) is 3.55. The molecule has 0 unspecified atom stereocenters. The quantitative estimate of drug-likeness (QED) is 0.777. The Balaban J connectivity index is 1.60. The van der Waals surface area contributed by atoms with Crippen molar-refractivity contribution in [2.24, 2.45) is 5.92 Å². The SMILES string of the molecule is COc1ccc(NC(=O)C2CCN(S(=O)(=O)c3ccc(C(C)(C)C)cc3)CC2)cc1. The van der Waals surface area contributed by atoms with Gasteiger partial charge < -0.3 is 10.1 Å². The van der Waals surface area contributed by atoms with Crippen molar-refractivity contribution >= 4 is 21.6 Å². The number of sulfonamides is 1. The van der Waals surface area contributed by atoms with E-state index in [1.54, 1.807) is 43.5 Å². The standard InChI is InChI=1S/C23H30N2O4S/c1-23(2,3)18-5-11-21(12-6-18)30(27,28)25-15-13-17(14-16-25)22(26)24-19-7-9-20(29-4)10-8-19/h5-12,17H,13-16H2,1-4H3,(H,24,26). The highest BCUT2D eigenvalue weighted by molar-refractivity contribution is 7.89. The lowest BCUT2D eigenvalue weighted by molar-refractivity contribution is -0.120. The summed E-state index contributed by atoms with van der Waals surface area (Å²) in [5, 5.41) is 2.91. The van der Waals surface area contributed by atoms with Crippen molar-refractivity contribution in [2.45, 2.75) is 43.9 Å². The Hall–Kier alpha value is -2.38. The first kappa shape index (κ1) is 22.3. The van der Waals surface area contributed by atoms with Crippen molar-refractivity contribution < 1.29 is 17.9 Å². The highest BCUT2D eigenvalue weighted by atomic mass is 32.2. The van der Waals surface area contributed by atoms with Crippen LogP contribution in [0.2, 0.25) is 0 Å². The normalized spacial score (nSPS) is 16.3. The minimum absolute atomic E-state index is 0.0299. The van der Waals surface area contributed by atoms with E-state index >= 15 is 0 Å². The first-order chi connectivity index (χ1) is 14.1. The van der Waals surface area contributed by atoms with Gasteiger partial charge in [-0.3, -0.25) is 4.79 Å². The van der Waals surface area contributed by atoms with Crippen molar-refractivity contribution in [3.63, 3.8) is 0 Å². The molecule has 0 saturated carbocycles. The van der Waals surface area contributed by atoms with E-state index in [1.165, 1.54) is 4.31 Å². The number of carbonyl (C=O) groups excluding carboxylic acids is 1. The number of ether oxygens (including phenoxy) is 1. The topological polar surface area (TPSA) is 75.7 Å². The first-order valence-electron chi connectivity index (χ1n) is 10.2. The van der Waals surface area contributed by atoms with E-state index in [0.717, 1.165) is 11.3 Å². The largest absolute Gasteiger partial charge is 0.497 e. The smallest absolute Gasteiger partial charge is 0.243 e. The number of anilines is 1. The molecule has 1 saturated heterocycles. The van der Waals surface area contributed by atoms with E-state index in [2.05, 4.69) is 26.1 Å². The number of amides is 1. The zero-order chi connectivity index (χ0) is 21.9. The fourth-order valence-corrected chi connectivity index (χ4v) is 5.02. The molecular formula is C23H30N2O4S. The monoisotopic (exact) mass is 430 g/mol. The number of hydrogen-bond donors (Lipinski definition) is 1. The van der Waals surface area contributed by atoms with Crippen LogP contribution in [0.3, 0.4) is 0 Å². The van der Waals surface area contributed by atoms with Gasteiger partial charge in [0.25, 0.3) is 0 Å². The minimum Gasteiger partial charge on any atom is -0.497 e. The Morgan fingerprint density at radius 1 is 1.00 bits per heavy atom. The molecule has 3 rings (SSSR count). The van der Waals surface area contributed by atoms with Gasteiger partial charge in [-0.25, -0.2) is 8.42 Å². The summed E-state index contributed by atoms with van der Waals surface area (Å²) < 4.78 is 32.6. The van der Waals surface area contributed by atoms with Crippen molar-refractivity contribution in [1.82, 2.24) is 4.31 Å². The molecule has 1 aliphatic heterocycles. The Morgan fingerprint density at radius 3 is 2.07 bits per heavy atom. The summed E-state index contributed by atoms with van der Waals surface area (Å²) in [6, 6.07) is 14.3. The van der Waals surface area contributed by atoms with Crippen molar-refractivity contribution in [2.75, 3.05) is 25.5 Å². The second kappa shape index (κ2) is 8.78. The van der Waals surface area contributed by atoms with Crippen molar-refractivity contribution in [3.8, 4) is 5.75 Å². The molecule has 6 nitrogen and oxygen atoms in total. The Bertz CT molecular complexity index is 969. The van der Waals surface area contributed by atoms with E-state index in [4.69, 9.17) is 4.74 Å². The predicted molar refractivity (Wildman–Crippen MR) is 118 cm³/mol. The molecule has 1 N–H and O–H groups in total. The summed E-state index contributed by atoms with van der Waals surface area (Å²) in [6.45, 7) is 6.96. The molecule has 0 aromatic heterocycles. The lowest BCUT2D eigenvalue weighted by atomic mass is 9.87. The predicted octanol–water partition coefficient (Wildman–Crippen LogP) is 4.03. The van der Waals surface area contributed by atoms with Crippen LogP contribution in [0.5, 0.6) is 5.75 Å². The van der Waals surface area contributed by atoms with Gasteiger partial charge in [-0.2, -0.15) is 4.31 Å². The molecule has 2 aromatic carbocycles. The van der Waals surface area contributed by atoms with Gasteiger partial charge in [0.15, 0.2) is 0 Å². The number of nitrogens with zero attached hydrogens (tertiary/aromatic N) is 1. The number of hydrogen-bond acceptors (Lipinski definition) is 4. The van der Waals surface area contributed by atoms with Crippen LogP contribution in [-0.2, 0) is 20.2 Å². The molecule has 0 spiro atoms. The number of carbonyl (C=O) groups is 1. The summed E-state index contributed by atoms with van der Waals surface area (Å²) in [5.41, 5.74) is 1.77. The highest BCUT2D eigenvalue weighted by Gasteiger charge is 2.32. The summed E-state index contributed by atoms with van der Waals surface area (Å²) in [4.78, 5) is 12.9. The maximum atomic E-state index is 13.0. The summed E-state index contributed by atoms with van der Waals surface area (Å²) in [7, 11) is -1.96. The molecule has 162 valence electrons. The number of piperidine rings is 1. The van der Waals surface area contributed by atoms with Crippen molar-refractivity contribution in [1.29, 1.82) is 0 Å². The molecule has 0 atom stereocenters. The van der Waals surface area contributed by atoms with Gasteiger partial charge >= 0.3 is 0 Å². The van der Waals surface area contributed by atoms with Gasteiger partial charge in [-0.05, 0) is 60.2 Å². The molecule has 1 amide bonds. The Kier molecular flexibility index (Phi) is 6.53. The third-order valence-electron chi connectivity index (χ3n) is 5.54. The zero-order valence-electron chi connectivity index (χ0n) is 18.0. The van der Waals surface area contributed by atoms with Gasteiger partial charge in [-0.1, -0.05) is 32.9 Å². The van der Waals surface area contributed by atoms with Crippen LogP contribution in [0, 0.1) is 5.92 Å². The van der Waals surface area contributed by atoms with E-state index in [9.17, 15) is 13.2 Å². The van der Waals surface area contributed by atoms with Crippen LogP contribution in [-0.4, -0.2) is 38.8 Å². The average Bonchev–Trinajstić information content (AvgIpc) is 2.74. The minimum atomic E-state index is -3.55. The molecule has 0 bridgehead atoms. The molecule has 0 radical (unpaired) electrons. The first-order valence-corrected chi connectivity index (χ1v) is 11.6. The third-order valence-corrected chi connectivity index (χ3v) is 7.45. The zero-order valence-corrected chi connectivity index (χ0v) is 18.8. The maximum Gasteiger partial charge on any atom is 0.243 e. The van der Waals surface area contributed by atoms with E-state index in [1.807, 2.05) is 12.1 Å². The van der Waals surface area contributed by atoms with Crippen molar-refractivity contribution in [3.05, 3.63) is 54.1 Å². The fraction of sp³-hybridized carbons (Fsp3) is 0.435. The van der Waals surface area contributed by atoms with Crippen LogP contribution in [0.1, 0.15) is 39.2 Å². The second-order valence-electron chi connectivity index (χ2n) is 8.67. The number of methoxy groups -OCH3 is 1. The van der Waals surface area contributed by atoms with Crippen LogP contribution in [0.4, 0.5) is 5.69 Å². The summed E-state index contributed by atoms with van der Waals surface area (Å²) >= 11 is 0. The lowest BCUT2D eigenvalue weighted by Gasteiger charge is -2.30. The molecule has 0 aliphatic carbocycles. The van der Waals surface area contributed by atoms with Gasteiger partial charge in [0, 0.05) is 24.7 Å². The number of nitrogens with one attached hydrogen (secondary N) is 1. The molecule has 1 fully saturated rings.